The monoisotopic (exact) mass is 260 g/mol. The lowest BCUT2D eigenvalue weighted by atomic mass is 10.3. The molecule has 92 valence electrons. The number of rotatable bonds is 5. The fraction of sp³-hybridized carbons (Fsp3) is 0.167. The zero-order valence-corrected chi connectivity index (χ0v) is 10.4. The van der Waals surface area contributed by atoms with Crippen molar-refractivity contribution in [3.8, 4) is 6.01 Å². The third-order valence-corrected chi connectivity index (χ3v) is 2.41. The molecule has 0 aliphatic heterocycles. The summed E-state index contributed by atoms with van der Waals surface area (Å²) in [6.45, 7) is 0.456. The van der Waals surface area contributed by atoms with Gasteiger partial charge >= 0.3 is 6.01 Å². The van der Waals surface area contributed by atoms with E-state index in [9.17, 15) is 0 Å². The van der Waals surface area contributed by atoms with Crippen LogP contribution in [0.4, 0.5) is 0 Å². The second kappa shape index (κ2) is 6.02. The number of hydrogen-bond donors (Lipinski definition) is 1. The maximum absolute atomic E-state index is 5.48. The average molecular weight is 260 g/mol. The summed E-state index contributed by atoms with van der Waals surface area (Å²) >= 11 is 4.83. The van der Waals surface area contributed by atoms with E-state index in [1.807, 2.05) is 18.2 Å². The highest BCUT2D eigenvalue weighted by Gasteiger charge is 2.02. The van der Waals surface area contributed by atoms with Crippen LogP contribution in [0.2, 0.25) is 0 Å². The Labute approximate surface area is 110 Å². The molecule has 0 unspecified atom stereocenters. The number of pyridine rings is 1. The standard InChI is InChI=1S/C12H12N4OS/c13-11(18)10-4-7-15-12(16-10)17-8-5-9-3-1-2-6-14-9/h1-4,6-7H,5,8H2,(H2,13,18). The van der Waals surface area contributed by atoms with Crippen molar-refractivity contribution in [2.75, 3.05) is 6.61 Å². The van der Waals surface area contributed by atoms with Crippen LogP contribution in [0.5, 0.6) is 6.01 Å². The third-order valence-electron chi connectivity index (χ3n) is 2.20. The van der Waals surface area contributed by atoms with Gasteiger partial charge in [0.25, 0.3) is 0 Å². The summed E-state index contributed by atoms with van der Waals surface area (Å²) < 4.78 is 5.42. The van der Waals surface area contributed by atoms with Gasteiger partial charge in [0, 0.05) is 24.5 Å². The van der Waals surface area contributed by atoms with Crippen molar-refractivity contribution < 1.29 is 4.74 Å². The first-order valence-corrected chi connectivity index (χ1v) is 5.82. The molecule has 0 spiro atoms. The second-order valence-corrected chi connectivity index (χ2v) is 3.95. The molecule has 0 radical (unpaired) electrons. The predicted octanol–water partition coefficient (Wildman–Crippen LogP) is 1.13. The van der Waals surface area contributed by atoms with Crippen molar-refractivity contribution in [3.63, 3.8) is 0 Å². The molecule has 2 aromatic heterocycles. The third kappa shape index (κ3) is 3.46. The minimum atomic E-state index is 0.229. The van der Waals surface area contributed by atoms with Crippen LogP contribution >= 0.6 is 12.2 Å². The van der Waals surface area contributed by atoms with E-state index in [4.69, 9.17) is 22.7 Å². The molecular formula is C12H12N4OS. The fourth-order valence-corrected chi connectivity index (χ4v) is 1.45. The molecule has 2 N–H and O–H groups in total. The zero-order chi connectivity index (χ0) is 12.8. The summed E-state index contributed by atoms with van der Waals surface area (Å²) in [4.78, 5) is 12.5. The molecular weight excluding hydrogens is 248 g/mol. The van der Waals surface area contributed by atoms with Crippen LogP contribution in [0.25, 0.3) is 0 Å². The summed E-state index contributed by atoms with van der Waals surface area (Å²) in [5, 5.41) is 0. The van der Waals surface area contributed by atoms with E-state index in [2.05, 4.69) is 15.0 Å². The predicted molar refractivity (Wildman–Crippen MR) is 71.4 cm³/mol. The molecule has 0 amide bonds. The molecule has 0 atom stereocenters. The van der Waals surface area contributed by atoms with E-state index < -0.39 is 0 Å². The van der Waals surface area contributed by atoms with Gasteiger partial charge < -0.3 is 10.5 Å². The van der Waals surface area contributed by atoms with Gasteiger partial charge in [0.2, 0.25) is 0 Å². The average Bonchev–Trinajstić information content (AvgIpc) is 2.40. The van der Waals surface area contributed by atoms with Crippen molar-refractivity contribution in [2.24, 2.45) is 5.73 Å². The Hall–Kier alpha value is -2.08. The number of nitrogens with zero attached hydrogens (tertiary/aromatic N) is 3. The number of hydrogen-bond acceptors (Lipinski definition) is 5. The van der Waals surface area contributed by atoms with Gasteiger partial charge in [-0.2, -0.15) is 4.98 Å². The van der Waals surface area contributed by atoms with E-state index in [0.29, 0.717) is 18.7 Å². The molecule has 2 heterocycles. The molecule has 0 bridgehead atoms. The van der Waals surface area contributed by atoms with Crippen molar-refractivity contribution in [2.45, 2.75) is 6.42 Å². The summed E-state index contributed by atoms with van der Waals surface area (Å²) in [5.74, 6) is 0. The lowest BCUT2D eigenvalue weighted by molar-refractivity contribution is 0.295. The fourth-order valence-electron chi connectivity index (χ4n) is 1.34. The topological polar surface area (TPSA) is 73.9 Å². The number of thiocarbonyl (C=S) groups is 1. The maximum atomic E-state index is 5.48. The Bertz CT molecular complexity index is 533. The first-order chi connectivity index (χ1) is 8.75. The van der Waals surface area contributed by atoms with Gasteiger partial charge in [0.05, 0.1) is 6.61 Å². The first-order valence-electron chi connectivity index (χ1n) is 5.41. The van der Waals surface area contributed by atoms with E-state index in [1.165, 1.54) is 0 Å². The Morgan fingerprint density at radius 2 is 2.11 bits per heavy atom. The quantitative estimate of drug-likeness (QED) is 0.812. The van der Waals surface area contributed by atoms with Gasteiger partial charge in [0.1, 0.15) is 10.7 Å². The molecule has 0 fully saturated rings. The van der Waals surface area contributed by atoms with Gasteiger partial charge in [-0.1, -0.05) is 18.3 Å². The van der Waals surface area contributed by atoms with Crippen molar-refractivity contribution >= 4 is 17.2 Å². The number of nitrogens with two attached hydrogens (primary N) is 1. The Kier molecular flexibility index (Phi) is 4.14. The van der Waals surface area contributed by atoms with E-state index in [0.717, 1.165) is 5.69 Å². The van der Waals surface area contributed by atoms with Gasteiger partial charge in [-0.15, -0.1) is 0 Å². The Morgan fingerprint density at radius 1 is 1.22 bits per heavy atom. The van der Waals surface area contributed by atoms with E-state index in [1.54, 1.807) is 18.5 Å². The minimum absolute atomic E-state index is 0.229. The minimum Gasteiger partial charge on any atom is -0.463 e. The van der Waals surface area contributed by atoms with Gasteiger partial charge in [-0.3, -0.25) is 4.98 Å². The Balaban J connectivity index is 1.90. The molecule has 0 saturated carbocycles. The SMILES string of the molecule is NC(=S)c1ccnc(OCCc2ccccn2)n1. The molecule has 0 aliphatic rings. The first kappa shape index (κ1) is 12.4. The zero-order valence-electron chi connectivity index (χ0n) is 9.61. The van der Waals surface area contributed by atoms with E-state index >= 15 is 0 Å². The molecule has 2 aromatic rings. The van der Waals surface area contributed by atoms with Crippen LogP contribution in [0.3, 0.4) is 0 Å². The number of ether oxygens (including phenoxy) is 1. The Morgan fingerprint density at radius 3 is 2.83 bits per heavy atom. The lowest BCUT2D eigenvalue weighted by Gasteiger charge is -2.04. The van der Waals surface area contributed by atoms with E-state index in [-0.39, 0.29) is 11.0 Å². The lowest BCUT2D eigenvalue weighted by Crippen LogP contribution is -2.13. The summed E-state index contributed by atoms with van der Waals surface area (Å²) in [5.41, 5.74) is 6.95. The van der Waals surface area contributed by atoms with Gasteiger partial charge in [-0.25, -0.2) is 4.98 Å². The van der Waals surface area contributed by atoms with Crippen LogP contribution in [0, 0.1) is 0 Å². The van der Waals surface area contributed by atoms with Crippen LogP contribution in [0.15, 0.2) is 36.7 Å². The van der Waals surface area contributed by atoms with Crippen molar-refractivity contribution in [1.82, 2.24) is 15.0 Å². The van der Waals surface area contributed by atoms with Gasteiger partial charge in [-0.05, 0) is 18.2 Å². The molecule has 6 heteroatoms. The number of aromatic nitrogens is 3. The molecule has 5 nitrogen and oxygen atoms in total. The maximum Gasteiger partial charge on any atom is 0.316 e. The summed E-state index contributed by atoms with van der Waals surface area (Å²) in [6, 6.07) is 7.67. The van der Waals surface area contributed by atoms with Crippen LogP contribution in [-0.4, -0.2) is 26.5 Å². The second-order valence-electron chi connectivity index (χ2n) is 3.51. The van der Waals surface area contributed by atoms with Crippen LogP contribution < -0.4 is 10.5 Å². The van der Waals surface area contributed by atoms with Crippen molar-refractivity contribution in [1.29, 1.82) is 0 Å². The van der Waals surface area contributed by atoms with Crippen LogP contribution in [0.1, 0.15) is 11.4 Å². The highest BCUT2D eigenvalue weighted by atomic mass is 32.1. The van der Waals surface area contributed by atoms with Crippen molar-refractivity contribution in [3.05, 3.63) is 48.0 Å². The largest absolute Gasteiger partial charge is 0.463 e. The normalized spacial score (nSPS) is 10.0. The van der Waals surface area contributed by atoms with Gasteiger partial charge in [0.15, 0.2) is 0 Å². The summed E-state index contributed by atoms with van der Waals surface area (Å²) in [6.07, 6.45) is 4.01. The molecule has 18 heavy (non-hydrogen) atoms. The molecule has 0 aromatic carbocycles. The highest BCUT2D eigenvalue weighted by Crippen LogP contribution is 2.04. The highest BCUT2D eigenvalue weighted by molar-refractivity contribution is 7.80. The molecule has 0 aliphatic carbocycles. The smallest absolute Gasteiger partial charge is 0.316 e. The summed E-state index contributed by atoms with van der Waals surface area (Å²) in [7, 11) is 0. The molecule has 2 rings (SSSR count). The van der Waals surface area contributed by atoms with Crippen LogP contribution in [-0.2, 0) is 6.42 Å². The molecule has 0 saturated heterocycles.